The summed E-state index contributed by atoms with van der Waals surface area (Å²) >= 11 is 5.82. The maximum atomic E-state index is 11.2. The summed E-state index contributed by atoms with van der Waals surface area (Å²) in [6, 6.07) is 7.48. The van der Waals surface area contributed by atoms with Crippen molar-refractivity contribution in [3.8, 4) is 0 Å². The number of hydrogen-bond donors (Lipinski definition) is 1. The topological polar surface area (TPSA) is 38.3 Å². The number of carbonyl (C=O) groups is 1. The van der Waals surface area contributed by atoms with Crippen molar-refractivity contribution in [3.63, 3.8) is 0 Å². The fraction of sp³-hybridized carbons (Fsp3) is 0.364. The molecule has 0 aromatic heterocycles. The molecule has 0 unspecified atom stereocenters. The van der Waals surface area contributed by atoms with Crippen LogP contribution in [0.2, 0.25) is 5.02 Å². The number of rotatable bonds is 5. The Morgan fingerprint density at radius 1 is 1.53 bits per heavy atom. The van der Waals surface area contributed by atoms with Gasteiger partial charge in [-0.2, -0.15) is 0 Å². The van der Waals surface area contributed by atoms with E-state index in [1.807, 2.05) is 31.2 Å². The second kappa shape index (κ2) is 6.43. The van der Waals surface area contributed by atoms with Gasteiger partial charge in [-0.15, -0.1) is 0 Å². The minimum atomic E-state index is -0.114. The van der Waals surface area contributed by atoms with Crippen LogP contribution in [0.4, 0.5) is 0 Å². The van der Waals surface area contributed by atoms with Gasteiger partial charge in [0.2, 0.25) is 5.91 Å². The molecule has 3 nitrogen and oxygen atoms in total. The third-order valence-electron chi connectivity index (χ3n) is 1.86. The molecule has 82 valence electrons. The highest BCUT2D eigenvalue weighted by Crippen LogP contribution is 2.11. The van der Waals surface area contributed by atoms with E-state index in [1.54, 1.807) is 0 Å². The van der Waals surface area contributed by atoms with E-state index in [0.29, 0.717) is 24.5 Å². The Kier molecular flexibility index (Phi) is 5.15. The van der Waals surface area contributed by atoms with E-state index in [4.69, 9.17) is 16.4 Å². The van der Waals surface area contributed by atoms with Crippen molar-refractivity contribution in [3.05, 3.63) is 34.9 Å². The van der Waals surface area contributed by atoms with Gasteiger partial charge in [0.25, 0.3) is 0 Å². The zero-order valence-electron chi connectivity index (χ0n) is 8.63. The Hall–Kier alpha value is -1.06. The van der Waals surface area contributed by atoms with E-state index in [1.165, 1.54) is 0 Å². The first kappa shape index (κ1) is 12.0. The second-order valence-electron chi connectivity index (χ2n) is 3.09. The Bertz CT molecular complexity index is 328. The number of nitrogens with one attached hydrogen (secondary N) is 1. The molecule has 1 N–H and O–H groups in total. The number of hydroxylamine groups is 1. The van der Waals surface area contributed by atoms with Crippen LogP contribution >= 0.6 is 11.6 Å². The Morgan fingerprint density at radius 2 is 2.33 bits per heavy atom. The molecule has 0 radical (unpaired) electrons. The van der Waals surface area contributed by atoms with Crippen molar-refractivity contribution >= 4 is 17.5 Å². The van der Waals surface area contributed by atoms with Gasteiger partial charge in [0.05, 0.1) is 6.61 Å². The molecule has 4 heteroatoms. The molecule has 0 aliphatic rings. The molecule has 0 saturated carbocycles. The molecule has 15 heavy (non-hydrogen) atoms. The van der Waals surface area contributed by atoms with Gasteiger partial charge in [-0.3, -0.25) is 9.63 Å². The van der Waals surface area contributed by atoms with Gasteiger partial charge in [-0.25, -0.2) is 5.48 Å². The van der Waals surface area contributed by atoms with Gasteiger partial charge < -0.3 is 0 Å². The highest BCUT2D eigenvalue weighted by atomic mass is 35.5. The van der Waals surface area contributed by atoms with Crippen LogP contribution in [0.5, 0.6) is 0 Å². The molecule has 1 rings (SSSR count). The van der Waals surface area contributed by atoms with Gasteiger partial charge in [-0.1, -0.05) is 23.7 Å². The van der Waals surface area contributed by atoms with Crippen LogP contribution in [0.1, 0.15) is 18.9 Å². The monoisotopic (exact) mass is 227 g/mol. The van der Waals surface area contributed by atoms with Crippen molar-refractivity contribution in [2.75, 3.05) is 6.61 Å². The highest BCUT2D eigenvalue weighted by Gasteiger charge is 2.01. The van der Waals surface area contributed by atoms with Crippen LogP contribution in [0.15, 0.2) is 24.3 Å². The molecule has 0 aliphatic carbocycles. The van der Waals surface area contributed by atoms with Crippen molar-refractivity contribution in [2.24, 2.45) is 0 Å². The first-order valence-electron chi connectivity index (χ1n) is 4.87. The number of benzene rings is 1. The predicted molar refractivity (Wildman–Crippen MR) is 59.5 cm³/mol. The van der Waals surface area contributed by atoms with Crippen molar-refractivity contribution in [1.82, 2.24) is 5.48 Å². The summed E-state index contributed by atoms with van der Waals surface area (Å²) < 4.78 is 0. The maximum Gasteiger partial charge on any atom is 0.243 e. The zero-order chi connectivity index (χ0) is 11.1. The van der Waals surface area contributed by atoms with Gasteiger partial charge >= 0.3 is 0 Å². The molecule has 0 spiro atoms. The summed E-state index contributed by atoms with van der Waals surface area (Å²) in [4.78, 5) is 16.0. The van der Waals surface area contributed by atoms with Gasteiger partial charge in [0.15, 0.2) is 0 Å². The average molecular weight is 228 g/mol. The average Bonchev–Trinajstić information content (AvgIpc) is 2.23. The minimum Gasteiger partial charge on any atom is -0.274 e. The Morgan fingerprint density at radius 3 is 3.00 bits per heavy atom. The summed E-state index contributed by atoms with van der Waals surface area (Å²) in [7, 11) is 0. The fourth-order valence-corrected chi connectivity index (χ4v) is 1.37. The first-order valence-corrected chi connectivity index (χ1v) is 5.25. The fourth-order valence-electron chi connectivity index (χ4n) is 1.15. The van der Waals surface area contributed by atoms with Gasteiger partial charge in [0.1, 0.15) is 0 Å². The molecule has 1 amide bonds. The van der Waals surface area contributed by atoms with Crippen LogP contribution in [0, 0.1) is 0 Å². The SMILES string of the molecule is CCONC(=O)CCc1cccc(Cl)c1. The van der Waals surface area contributed by atoms with Gasteiger partial charge in [0, 0.05) is 11.4 Å². The Labute approximate surface area is 94.3 Å². The van der Waals surface area contributed by atoms with E-state index < -0.39 is 0 Å². The second-order valence-corrected chi connectivity index (χ2v) is 3.52. The van der Waals surface area contributed by atoms with Crippen LogP contribution in [-0.2, 0) is 16.1 Å². The normalized spacial score (nSPS) is 10.0. The molecule has 1 aromatic rings. The largest absolute Gasteiger partial charge is 0.274 e. The molecular formula is C11H14ClNO2. The number of hydrogen-bond acceptors (Lipinski definition) is 2. The van der Waals surface area contributed by atoms with Crippen LogP contribution < -0.4 is 5.48 Å². The molecular weight excluding hydrogens is 214 g/mol. The van der Waals surface area contributed by atoms with Crippen LogP contribution in [0.3, 0.4) is 0 Å². The van der Waals surface area contributed by atoms with Crippen LogP contribution in [0.25, 0.3) is 0 Å². The standard InChI is InChI=1S/C11H14ClNO2/c1-2-15-13-11(14)7-6-9-4-3-5-10(12)8-9/h3-5,8H,2,6-7H2,1H3,(H,13,14). The smallest absolute Gasteiger partial charge is 0.243 e. The summed E-state index contributed by atoms with van der Waals surface area (Å²) in [6.07, 6.45) is 1.07. The lowest BCUT2D eigenvalue weighted by Crippen LogP contribution is -2.23. The number of amides is 1. The lowest BCUT2D eigenvalue weighted by Gasteiger charge is -2.03. The third kappa shape index (κ3) is 4.81. The minimum absolute atomic E-state index is 0.114. The number of aryl methyl sites for hydroxylation is 1. The van der Waals surface area contributed by atoms with E-state index in [0.717, 1.165) is 5.56 Å². The molecule has 0 bridgehead atoms. The van der Waals surface area contributed by atoms with Crippen molar-refractivity contribution < 1.29 is 9.63 Å². The van der Waals surface area contributed by atoms with E-state index in [-0.39, 0.29) is 5.91 Å². The first-order chi connectivity index (χ1) is 7.22. The molecule has 0 heterocycles. The van der Waals surface area contributed by atoms with E-state index in [9.17, 15) is 4.79 Å². The lowest BCUT2D eigenvalue weighted by molar-refractivity contribution is -0.133. The predicted octanol–water partition coefficient (Wildman–Crippen LogP) is 2.34. The quantitative estimate of drug-likeness (QED) is 0.785. The zero-order valence-corrected chi connectivity index (χ0v) is 9.38. The maximum absolute atomic E-state index is 11.2. The summed E-state index contributed by atoms with van der Waals surface area (Å²) in [6.45, 7) is 2.29. The van der Waals surface area contributed by atoms with Crippen molar-refractivity contribution in [1.29, 1.82) is 0 Å². The summed E-state index contributed by atoms with van der Waals surface area (Å²) in [5.41, 5.74) is 3.40. The van der Waals surface area contributed by atoms with Crippen LogP contribution in [-0.4, -0.2) is 12.5 Å². The van der Waals surface area contributed by atoms with Crippen molar-refractivity contribution in [2.45, 2.75) is 19.8 Å². The number of carbonyl (C=O) groups excluding carboxylic acids is 1. The molecule has 1 aromatic carbocycles. The molecule has 0 atom stereocenters. The summed E-state index contributed by atoms with van der Waals surface area (Å²) in [5, 5.41) is 0.692. The van der Waals surface area contributed by atoms with Gasteiger partial charge in [-0.05, 0) is 31.0 Å². The van der Waals surface area contributed by atoms with E-state index in [2.05, 4.69) is 5.48 Å². The van der Waals surface area contributed by atoms with E-state index >= 15 is 0 Å². The summed E-state index contributed by atoms with van der Waals surface area (Å²) in [5.74, 6) is -0.114. The lowest BCUT2D eigenvalue weighted by atomic mass is 10.1. The number of halogens is 1. The highest BCUT2D eigenvalue weighted by molar-refractivity contribution is 6.30. The Balaban J connectivity index is 2.33. The molecule has 0 aliphatic heterocycles. The molecule has 0 fully saturated rings. The molecule has 0 saturated heterocycles. The third-order valence-corrected chi connectivity index (χ3v) is 2.10.